The van der Waals surface area contributed by atoms with Crippen molar-refractivity contribution in [2.75, 3.05) is 0 Å². The van der Waals surface area contributed by atoms with Crippen molar-refractivity contribution >= 4 is 17.0 Å². The first kappa shape index (κ1) is 16.9. The maximum absolute atomic E-state index is 5.45. The summed E-state index contributed by atoms with van der Waals surface area (Å²) in [5.74, 6) is 0.0685. The predicted octanol–water partition coefficient (Wildman–Crippen LogP) is 3.37. The molecular weight excluding hydrogens is 310 g/mol. The van der Waals surface area contributed by atoms with E-state index < -0.39 is 0 Å². The van der Waals surface area contributed by atoms with Crippen molar-refractivity contribution in [2.45, 2.75) is 32.7 Å². The molecule has 0 spiro atoms. The van der Waals surface area contributed by atoms with Gasteiger partial charge in [-0.2, -0.15) is 0 Å². The Hall–Kier alpha value is -2.95. The number of rotatable bonds is 3. The molecule has 0 atom stereocenters. The van der Waals surface area contributed by atoms with E-state index in [9.17, 15) is 0 Å². The lowest BCUT2D eigenvalue weighted by Crippen LogP contribution is -2.22. The molecule has 0 aliphatic rings. The minimum Gasteiger partial charge on any atom is -0.370 e. The smallest absolute Gasteiger partial charge is 0.186 e. The number of nitrogens with two attached hydrogens (primary N) is 2. The van der Waals surface area contributed by atoms with E-state index in [1.807, 2.05) is 24.4 Å². The molecule has 0 bridgehead atoms. The van der Waals surface area contributed by atoms with Crippen LogP contribution in [0.2, 0.25) is 0 Å². The van der Waals surface area contributed by atoms with Gasteiger partial charge in [-0.3, -0.25) is 4.98 Å². The van der Waals surface area contributed by atoms with Crippen LogP contribution in [-0.2, 0) is 12.0 Å². The van der Waals surface area contributed by atoms with Gasteiger partial charge in [-0.05, 0) is 23.1 Å². The van der Waals surface area contributed by atoms with Crippen molar-refractivity contribution in [3.63, 3.8) is 0 Å². The Labute approximate surface area is 147 Å². The molecule has 5 heteroatoms. The molecule has 0 aliphatic heterocycles. The van der Waals surface area contributed by atoms with Crippen LogP contribution in [0.4, 0.5) is 0 Å². The third-order valence-corrected chi connectivity index (χ3v) is 4.11. The van der Waals surface area contributed by atoms with E-state index in [0.717, 1.165) is 27.9 Å². The lowest BCUT2D eigenvalue weighted by Gasteiger charge is -2.19. The molecule has 0 saturated carbocycles. The standard InChI is InChI=1S/C20H23N5/c1-20(2,3)15-8-4-6-13(10-15)17-12-23-16-9-5-7-14(18(16)25-17)11-24-19(21)22/h4-10,12H,11H2,1-3H3,(H4,21,22,24). The van der Waals surface area contributed by atoms with Crippen LogP contribution in [0.15, 0.2) is 53.7 Å². The van der Waals surface area contributed by atoms with E-state index in [2.05, 4.69) is 55.0 Å². The molecular formula is C20H23N5. The van der Waals surface area contributed by atoms with E-state index in [4.69, 9.17) is 16.5 Å². The molecule has 5 nitrogen and oxygen atoms in total. The number of para-hydroxylation sites is 1. The third-order valence-electron chi connectivity index (χ3n) is 4.11. The number of fused-ring (bicyclic) bond motifs is 1. The minimum absolute atomic E-state index is 0.0685. The van der Waals surface area contributed by atoms with Crippen molar-refractivity contribution in [3.8, 4) is 11.3 Å². The van der Waals surface area contributed by atoms with Crippen LogP contribution in [0.1, 0.15) is 31.9 Å². The van der Waals surface area contributed by atoms with Crippen molar-refractivity contribution in [2.24, 2.45) is 16.5 Å². The van der Waals surface area contributed by atoms with Gasteiger partial charge in [0, 0.05) is 11.1 Å². The summed E-state index contributed by atoms with van der Waals surface area (Å²) in [5, 5.41) is 0. The Morgan fingerprint density at radius 3 is 2.56 bits per heavy atom. The molecule has 3 aromatic rings. The van der Waals surface area contributed by atoms with E-state index in [-0.39, 0.29) is 11.4 Å². The van der Waals surface area contributed by atoms with Crippen LogP contribution in [0.25, 0.3) is 22.3 Å². The molecule has 0 saturated heterocycles. The van der Waals surface area contributed by atoms with Gasteiger partial charge in [0.15, 0.2) is 5.96 Å². The number of guanidine groups is 1. The summed E-state index contributed by atoms with van der Waals surface area (Å²) in [5.41, 5.74) is 16.8. The zero-order valence-electron chi connectivity index (χ0n) is 14.8. The Balaban J connectivity index is 2.09. The predicted molar refractivity (Wildman–Crippen MR) is 103 cm³/mol. The van der Waals surface area contributed by atoms with Gasteiger partial charge in [-0.15, -0.1) is 0 Å². The molecule has 1 heterocycles. The van der Waals surface area contributed by atoms with Gasteiger partial charge in [-0.1, -0.05) is 51.1 Å². The maximum Gasteiger partial charge on any atom is 0.186 e. The molecule has 128 valence electrons. The fourth-order valence-corrected chi connectivity index (χ4v) is 2.68. The third kappa shape index (κ3) is 3.76. The number of nitrogens with zero attached hydrogens (tertiary/aromatic N) is 3. The van der Waals surface area contributed by atoms with Crippen molar-refractivity contribution < 1.29 is 0 Å². The molecule has 1 aromatic heterocycles. The fourth-order valence-electron chi connectivity index (χ4n) is 2.68. The molecule has 2 aromatic carbocycles. The van der Waals surface area contributed by atoms with Crippen LogP contribution >= 0.6 is 0 Å². The van der Waals surface area contributed by atoms with Gasteiger partial charge in [0.05, 0.1) is 29.5 Å². The van der Waals surface area contributed by atoms with Crippen molar-refractivity contribution in [1.29, 1.82) is 0 Å². The highest BCUT2D eigenvalue weighted by atomic mass is 15.0. The van der Waals surface area contributed by atoms with E-state index in [1.165, 1.54) is 5.56 Å². The first-order valence-electron chi connectivity index (χ1n) is 8.25. The Bertz CT molecular complexity index is 934. The van der Waals surface area contributed by atoms with Crippen LogP contribution in [0, 0.1) is 0 Å². The first-order valence-corrected chi connectivity index (χ1v) is 8.25. The van der Waals surface area contributed by atoms with Crippen molar-refractivity contribution in [1.82, 2.24) is 9.97 Å². The SMILES string of the molecule is CC(C)(C)c1cccc(-c2cnc3cccc(CN=C(N)N)c3n2)c1. The summed E-state index contributed by atoms with van der Waals surface area (Å²) >= 11 is 0. The number of benzene rings is 2. The van der Waals surface area contributed by atoms with Gasteiger partial charge in [0.25, 0.3) is 0 Å². The summed E-state index contributed by atoms with van der Waals surface area (Å²) in [4.78, 5) is 13.5. The average molecular weight is 333 g/mol. The molecule has 0 amide bonds. The highest BCUT2D eigenvalue weighted by molar-refractivity contribution is 5.81. The molecule has 0 aliphatic carbocycles. The topological polar surface area (TPSA) is 90.2 Å². The average Bonchev–Trinajstić information content (AvgIpc) is 2.58. The van der Waals surface area contributed by atoms with Crippen LogP contribution in [0.3, 0.4) is 0 Å². The highest BCUT2D eigenvalue weighted by Crippen LogP contribution is 2.27. The van der Waals surface area contributed by atoms with Gasteiger partial charge >= 0.3 is 0 Å². The largest absolute Gasteiger partial charge is 0.370 e. The molecule has 0 fully saturated rings. The Kier molecular flexibility index (Phi) is 4.40. The van der Waals surface area contributed by atoms with Gasteiger partial charge in [0.1, 0.15) is 0 Å². The summed E-state index contributed by atoms with van der Waals surface area (Å²) in [6, 6.07) is 14.3. The molecule has 0 unspecified atom stereocenters. The molecule has 3 rings (SSSR count). The summed E-state index contributed by atoms with van der Waals surface area (Å²) in [6.07, 6.45) is 1.81. The quantitative estimate of drug-likeness (QED) is 0.568. The van der Waals surface area contributed by atoms with Crippen molar-refractivity contribution in [3.05, 3.63) is 59.8 Å². The second-order valence-electron chi connectivity index (χ2n) is 7.11. The minimum atomic E-state index is 0.0685. The molecule has 0 radical (unpaired) electrons. The second-order valence-corrected chi connectivity index (χ2v) is 7.11. The number of hydrogen-bond donors (Lipinski definition) is 2. The fraction of sp³-hybridized carbons (Fsp3) is 0.250. The normalized spacial score (nSPS) is 11.5. The highest BCUT2D eigenvalue weighted by Gasteiger charge is 2.15. The number of aliphatic imine (C=N–C) groups is 1. The van der Waals surface area contributed by atoms with Crippen LogP contribution < -0.4 is 11.5 Å². The molecule has 4 N–H and O–H groups in total. The van der Waals surface area contributed by atoms with Crippen LogP contribution in [0.5, 0.6) is 0 Å². The molecule has 25 heavy (non-hydrogen) atoms. The lowest BCUT2D eigenvalue weighted by atomic mass is 9.86. The number of aromatic nitrogens is 2. The van der Waals surface area contributed by atoms with Gasteiger partial charge in [0.2, 0.25) is 0 Å². The van der Waals surface area contributed by atoms with E-state index >= 15 is 0 Å². The summed E-state index contributed by atoms with van der Waals surface area (Å²) < 4.78 is 0. The second kappa shape index (κ2) is 6.51. The Morgan fingerprint density at radius 2 is 1.84 bits per heavy atom. The summed E-state index contributed by atoms with van der Waals surface area (Å²) in [7, 11) is 0. The Morgan fingerprint density at radius 1 is 1.08 bits per heavy atom. The van der Waals surface area contributed by atoms with Crippen LogP contribution in [-0.4, -0.2) is 15.9 Å². The number of hydrogen-bond acceptors (Lipinski definition) is 3. The lowest BCUT2D eigenvalue weighted by molar-refractivity contribution is 0.590. The van der Waals surface area contributed by atoms with Gasteiger partial charge in [-0.25, -0.2) is 9.98 Å². The summed E-state index contributed by atoms with van der Waals surface area (Å²) in [6.45, 7) is 6.99. The first-order chi connectivity index (χ1) is 11.8. The zero-order chi connectivity index (χ0) is 18.0. The van der Waals surface area contributed by atoms with Gasteiger partial charge < -0.3 is 11.5 Å². The van der Waals surface area contributed by atoms with E-state index in [1.54, 1.807) is 0 Å². The van der Waals surface area contributed by atoms with E-state index in [0.29, 0.717) is 6.54 Å². The monoisotopic (exact) mass is 333 g/mol. The zero-order valence-corrected chi connectivity index (χ0v) is 14.8. The maximum atomic E-state index is 5.45.